The fourth-order valence-corrected chi connectivity index (χ4v) is 1.82. The van der Waals surface area contributed by atoms with Crippen molar-refractivity contribution in [1.29, 1.82) is 0 Å². The molecule has 1 aromatic rings. The van der Waals surface area contributed by atoms with Crippen LogP contribution >= 0.6 is 0 Å². The van der Waals surface area contributed by atoms with E-state index in [2.05, 4.69) is 0 Å². The van der Waals surface area contributed by atoms with Gasteiger partial charge in [-0.05, 0) is 12.0 Å². The molecule has 0 saturated carbocycles. The average Bonchev–Trinajstić information content (AvgIpc) is 2.46. The molecular formula is C13H16N2O. The molecule has 0 aliphatic carbocycles. The molecule has 1 atom stereocenters. The zero-order chi connectivity index (χ0) is 11.4. The average molecular weight is 216 g/mol. The van der Waals surface area contributed by atoms with Crippen molar-refractivity contribution in [1.82, 2.24) is 4.90 Å². The molecule has 0 fully saturated rings. The summed E-state index contributed by atoms with van der Waals surface area (Å²) in [6, 6.07) is 9.59. The first-order chi connectivity index (χ1) is 7.77. The lowest BCUT2D eigenvalue weighted by molar-refractivity contribution is -0.132. The van der Waals surface area contributed by atoms with Gasteiger partial charge >= 0.3 is 0 Å². The standard InChI is InChI=1S/C13H16N2O/c14-12-8-4-5-9-15(13(12)16)10-11-6-2-1-3-7-11/h1-7,12H,8-10,14H2. The van der Waals surface area contributed by atoms with Crippen molar-refractivity contribution in [3.05, 3.63) is 48.0 Å². The van der Waals surface area contributed by atoms with Crippen LogP contribution in [0, 0.1) is 0 Å². The number of carbonyl (C=O) groups excluding carboxylic acids is 1. The maximum absolute atomic E-state index is 11.9. The Balaban J connectivity index is 2.08. The van der Waals surface area contributed by atoms with Crippen LogP contribution in [0.5, 0.6) is 0 Å². The van der Waals surface area contributed by atoms with E-state index in [-0.39, 0.29) is 11.9 Å². The molecule has 0 bridgehead atoms. The van der Waals surface area contributed by atoms with Crippen LogP contribution in [-0.4, -0.2) is 23.4 Å². The molecule has 0 spiro atoms. The highest BCUT2D eigenvalue weighted by atomic mass is 16.2. The summed E-state index contributed by atoms with van der Waals surface area (Å²) in [5, 5.41) is 0. The van der Waals surface area contributed by atoms with Gasteiger partial charge in [0.2, 0.25) is 5.91 Å². The SMILES string of the molecule is NC1CC=CCN(Cc2ccccc2)C1=O. The van der Waals surface area contributed by atoms with E-state index in [9.17, 15) is 4.79 Å². The number of hydrogen-bond acceptors (Lipinski definition) is 2. The quantitative estimate of drug-likeness (QED) is 0.757. The van der Waals surface area contributed by atoms with Crippen molar-refractivity contribution in [3.8, 4) is 0 Å². The van der Waals surface area contributed by atoms with E-state index in [4.69, 9.17) is 5.73 Å². The van der Waals surface area contributed by atoms with Crippen LogP contribution in [0.3, 0.4) is 0 Å². The van der Waals surface area contributed by atoms with Crippen molar-refractivity contribution in [2.45, 2.75) is 19.0 Å². The van der Waals surface area contributed by atoms with Crippen molar-refractivity contribution in [2.24, 2.45) is 5.73 Å². The second kappa shape index (κ2) is 4.94. The fourth-order valence-electron chi connectivity index (χ4n) is 1.82. The summed E-state index contributed by atoms with van der Waals surface area (Å²) in [5.74, 6) is 0.0360. The van der Waals surface area contributed by atoms with Gasteiger partial charge in [-0.2, -0.15) is 0 Å². The van der Waals surface area contributed by atoms with Crippen LogP contribution in [0.2, 0.25) is 0 Å². The largest absolute Gasteiger partial charge is 0.333 e. The fraction of sp³-hybridized carbons (Fsp3) is 0.308. The lowest BCUT2D eigenvalue weighted by Crippen LogP contribution is -2.42. The Hall–Kier alpha value is -1.61. The molecular weight excluding hydrogens is 200 g/mol. The van der Waals surface area contributed by atoms with Crippen LogP contribution in [0.1, 0.15) is 12.0 Å². The number of carbonyl (C=O) groups is 1. The normalized spacial score (nSPS) is 20.9. The van der Waals surface area contributed by atoms with E-state index in [0.717, 1.165) is 5.56 Å². The topological polar surface area (TPSA) is 46.3 Å². The molecule has 1 aliphatic heterocycles. The highest BCUT2D eigenvalue weighted by Crippen LogP contribution is 2.09. The first-order valence-corrected chi connectivity index (χ1v) is 5.50. The summed E-state index contributed by atoms with van der Waals surface area (Å²) in [6.07, 6.45) is 4.63. The molecule has 1 amide bonds. The van der Waals surface area contributed by atoms with E-state index >= 15 is 0 Å². The zero-order valence-corrected chi connectivity index (χ0v) is 9.17. The first kappa shape index (κ1) is 10.9. The van der Waals surface area contributed by atoms with Gasteiger partial charge in [-0.25, -0.2) is 0 Å². The number of hydrogen-bond donors (Lipinski definition) is 1. The summed E-state index contributed by atoms with van der Waals surface area (Å²) in [6.45, 7) is 1.29. The Labute approximate surface area is 95.6 Å². The predicted octanol–water partition coefficient (Wildman–Crippen LogP) is 1.30. The van der Waals surface area contributed by atoms with Crippen LogP contribution in [0.4, 0.5) is 0 Å². The third-order valence-electron chi connectivity index (χ3n) is 2.73. The molecule has 16 heavy (non-hydrogen) atoms. The molecule has 1 aliphatic rings. The third kappa shape index (κ3) is 2.49. The predicted molar refractivity (Wildman–Crippen MR) is 63.6 cm³/mol. The zero-order valence-electron chi connectivity index (χ0n) is 9.17. The highest BCUT2D eigenvalue weighted by molar-refractivity contribution is 5.82. The second-order valence-corrected chi connectivity index (χ2v) is 4.02. The van der Waals surface area contributed by atoms with E-state index in [0.29, 0.717) is 19.5 Å². The number of nitrogens with two attached hydrogens (primary N) is 1. The molecule has 0 radical (unpaired) electrons. The first-order valence-electron chi connectivity index (χ1n) is 5.50. The Morgan fingerprint density at radius 3 is 2.75 bits per heavy atom. The van der Waals surface area contributed by atoms with Gasteiger partial charge < -0.3 is 10.6 Å². The second-order valence-electron chi connectivity index (χ2n) is 4.02. The molecule has 1 heterocycles. The van der Waals surface area contributed by atoms with Crippen LogP contribution in [-0.2, 0) is 11.3 Å². The Morgan fingerprint density at radius 2 is 2.00 bits per heavy atom. The van der Waals surface area contributed by atoms with Crippen molar-refractivity contribution >= 4 is 5.91 Å². The van der Waals surface area contributed by atoms with E-state index in [1.807, 2.05) is 42.5 Å². The molecule has 1 aromatic carbocycles. The molecule has 0 saturated heterocycles. The minimum atomic E-state index is -0.387. The van der Waals surface area contributed by atoms with Crippen LogP contribution in [0.15, 0.2) is 42.5 Å². The van der Waals surface area contributed by atoms with E-state index < -0.39 is 0 Å². The monoisotopic (exact) mass is 216 g/mol. The van der Waals surface area contributed by atoms with Crippen LogP contribution in [0.25, 0.3) is 0 Å². The number of rotatable bonds is 2. The van der Waals surface area contributed by atoms with E-state index in [1.165, 1.54) is 0 Å². The number of amides is 1. The maximum Gasteiger partial charge on any atom is 0.240 e. The molecule has 2 rings (SSSR count). The van der Waals surface area contributed by atoms with Crippen molar-refractivity contribution in [2.75, 3.05) is 6.54 Å². The highest BCUT2D eigenvalue weighted by Gasteiger charge is 2.21. The summed E-state index contributed by atoms with van der Waals surface area (Å²) < 4.78 is 0. The van der Waals surface area contributed by atoms with Gasteiger partial charge in [0.1, 0.15) is 0 Å². The Kier molecular flexibility index (Phi) is 3.37. The Bertz CT molecular complexity index is 386. The summed E-state index contributed by atoms with van der Waals surface area (Å²) in [4.78, 5) is 13.7. The summed E-state index contributed by atoms with van der Waals surface area (Å²) in [5.41, 5.74) is 6.92. The smallest absolute Gasteiger partial charge is 0.240 e. The minimum Gasteiger partial charge on any atom is -0.333 e. The van der Waals surface area contributed by atoms with Crippen molar-refractivity contribution < 1.29 is 4.79 Å². The lowest BCUT2D eigenvalue weighted by Gasteiger charge is -2.22. The maximum atomic E-state index is 11.9. The number of benzene rings is 1. The van der Waals surface area contributed by atoms with Crippen molar-refractivity contribution in [3.63, 3.8) is 0 Å². The third-order valence-corrected chi connectivity index (χ3v) is 2.73. The van der Waals surface area contributed by atoms with Gasteiger partial charge in [-0.15, -0.1) is 0 Å². The van der Waals surface area contributed by atoms with Gasteiger partial charge in [0.15, 0.2) is 0 Å². The molecule has 3 heteroatoms. The van der Waals surface area contributed by atoms with Gasteiger partial charge in [0.05, 0.1) is 6.04 Å². The summed E-state index contributed by atoms with van der Waals surface area (Å²) in [7, 11) is 0. The molecule has 0 aromatic heterocycles. The Morgan fingerprint density at radius 1 is 1.25 bits per heavy atom. The van der Waals surface area contributed by atoms with Gasteiger partial charge in [0, 0.05) is 13.1 Å². The molecule has 3 nitrogen and oxygen atoms in total. The number of nitrogens with zero attached hydrogens (tertiary/aromatic N) is 1. The molecule has 84 valence electrons. The van der Waals surface area contributed by atoms with Crippen LogP contribution < -0.4 is 5.73 Å². The molecule has 1 unspecified atom stereocenters. The molecule has 2 N–H and O–H groups in total. The lowest BCUT2D eigenvalue weighted by atomic mass is 10.2. The summed E-state index contributed by atoms with van der Waals surface area (Å²) >= 11 is 0. The van der Waals surface area contributed by atoms with Gasteiger partial charge in [-0.1, -0.05) is 42.5 Å². The van der Waals surface area contributed by atoms with Gasteiger partial charge in [-0.3, -0.25) is 4.79 Å². The minimum absolute atomic E-state index is 0.0360. The van der Waals surface area contributed by atoms with E-state index in [1.54, 1.807) is 4.90 Å². The van der Waals surface area contributed by atoms with Gasteiger partial charge in [0.25, 0.3) is 0 Å².